The van der Waals surface area contributed by atoms with Gasteiger partial charge in [-0.15, -0.1) is 11.3 Å². The molecule has 0 spiro atoms. The summed E-state index contributed by atoms with van der Waals surface area (Å²) in [5.74, 6) is 0. The predicted octanol–water partition coefficient (Wildman–Crippen LogP) is 2.60. The lowest BCUT2D eigenvalue weighted by Gasteiger charge is -2.36. The molecule has 2 aromatic heterocycles. The molecule has 1 saturated heterocycles. The first kappa shape index (κ1) is 12.8. The van der Waals surface area contributed by atoms with Gasteiger partial charge in [0.05, 0.1) is 0 Å². The highest BCUT2D eigenvalue weighted by Crippen LogP contribution is 2.26. The quantitative estimate of drug-likeness (QED) is 0.931. The molecule has 19 heavy (non-hydrogen) atoms. The molecule has 0 aromatic carbocycles. The number of thiophene rings is 1. The van der Waals surface area contributed by atoms with Crippen LogP contribution in [0.5, 0.6) is 0 Å². The number of hydrogen-bond donors (Lipinski definition) is 1. The zero-order valence-electron chi connectivity index (χ0n) is 11.2. The second-order valence-electron chi connectivity index (χ2n) is 4.98. The summed E-state index contributed by atoms with van der Waals surface area (Å²) < 4.78 is 0. The van der Waals surface area contributed by atoms with E-state index in [2.05, 4.69) is 46.4 Å². The Balaban J connectivity index is 1.77. The number of aryl methyl sites for hydroxylation is 1. The molecular formula is C15H19N3S. The summed E-state index contributed by atoms with van der Waals surface area (Å²) >= 11 is 1.90. The van der Waals surface area contributed by atoms with Crippen molar-refractivity contribution in [1.82, 2.24) is 15.2 Å². The number of hydrogen-bond acceptors (Lipinski definition) is 4. The Morgan fingerprint density at radius 3 is 2.89 bits per heavy atom. The van der Waals surface area contributed by atoms with Crippen LogP contribution in [0.3, 0.4) is 0 Å². The fourth-order valence-electron chi connectivity index (χ4n) is 2.62. The van der Waals surface area contributed by atoms with E-state index in [0.717, 1.165) is 26.2 Å². The van der Waals surface area contributed by atoms with Gasteiger partial charge in [0, 0.05) is 54.4 Å². The Hall–Kier alpha value is -1.23. The van der Waals surface area contributed by atoms with Gasteiger partial charge in [-0.05, 0) is 36.8 Å². The van der Waals surface area contributed by atoms with Crippen LogP contribution in [0, 0.1) is 6.92 Å². The number of piperazine rings is 1. The van der Waals surface area contributed by atoms with Crippen LogP contribution >= 0.6 is 11.3 Å². The van der Waals surface area contributed by atoms with E-state index in [-0.39, 0.29) is 0 Å². The summed E-state index contributed by atoms with van der Waals surface area (Å²) in [5.41, 5.74) is 1.36. The van der Waals surface area contributed by atoms with E-state index in [1.165, 1.54) is 15.3 Å². The molecule has 0 bridgehead atoms. The van der Waals surface area contributed by atoms with Gasteiger partial charge in [-0.2, -0.15) is 0 Å². The van der Waals surface area contributed by atoms with Crippen molar-refractivity contribution in [2.75, 3.05) is 19.6 Å². The first-order chi connectivity index (χ1) is 9.33. The van der Waals surface area contributed by atoms with Crippen LogP contribution in [0.15, 0.2) is 36.7 Å². The topological polar surface area (TPSA) is 28.2 Å². The largest absolute Gasteiger partial charge is 0.314 e. The molecule has 3 nitrogen and oxygen atoms in total. The molecule has 100 valence electrons. The first-order valence-corrected chi connectivity index (χ1v) is 7.54. The van der Waals surface area contributed by atoms with Gasteiger partial charge in [-0.1, -0.05) is 0 Å². The SMILES string of the molecule is Cc1ccc(CN2CCNCC2c2ccncc2)s1. The highest BCUT2D eigenvalue weighted by atomic mass is 32.1. The Bertz CT molecular complexity index is 523. The van der Waals surface area contributed by atoms with Gasteiger partial charge in [0.25, 0.3) is 0 Å². The molecule has 2 aromatic rings. The lowest BCUT2D eigenvalue weighted by atomic mass is 10.0. The molecule has 1 fully saturated rings. The van der Waals surface area contributed by atoms with Crippen LogP contribution in [0.1, 0.15) is 21.4 Å². The van der Waals surface area contributed by atoms with Crippen LogP contribution in [0.25, 0.3) is 0 Å². The summed E-state index contributed by atoms with van der Waals surface area (Å²) in [6.07, 6.45) is 3.77. The lowest BCUT2D eigenvalue weighted by molar-refractivity contribution is 0.155. The minimum atomic E-state index is 0.458. The van der Waals surface area contributed by atoms with Crippen LogP contribution in [0.2, 0.25) is 0 Å². The maximum Gasteiger partial charge on any atom is 0.0478 e. The van der Waals surface area contributed by atoms with Gasteiger partial charge >= 0.3 is 0 Å². The second-order valence-corrected chi connectivity index (χ2v) is 6.36. The van der Waals surface area contributed by atoms with E-state index < -0.39 is 0 Å². The van der Waals surface area contributed by atoms with E-state index in [0.29, 0.717) is 6.04 Å². The highest BCUT2D eigenvalue weighted by Gasteiger charge is 2.23. The molecule has 1 atom stereocenters. The third kappa shape index (κ3) is 3.03. The predicted molar refractivity (Wildman–Crippen MR) is 79.3 cm³/mol. The highest BCUT2D eigenvalue weighted by molar-refractivity contribution is 7.11. The minimum Gasteiger partial charge on any atom is -0.314 e. The molecule has 1 N–H and O–H groups in total. The maximum absolute atomic E-state index is 4.12. The smallest absolute Gasteiger partial charge is 0.0478 e. The van der Waals surface area contributed by atoms with Gasteiger partial charge in [0.1, 0.15) is 0 Å². The van der Waals surface area contributed by atoms with Crippen molar-refractivity contribution in [3.63, 3.8) is 0 Å². The second kappa shape index (κ2) is 5.82. The number of pyridine rings is 1. The van der Waals surface area contributed by atoms with Crippen LogP contribution in [0.4, 0.5) is 0 Å². The molecule has 0 saturated carbocycles. The van der Waals surface area contributed by atoms with Crippen LogP contribution < -0.4 is 5.32 Å². The van der Waals surface area contributed by atoms with Crippen molar-refractivity contribution in [2.24, 2.45) is 0 Å². The fourth-order valence-corrected chi connectivity index (χ4v) is 3.54. The zero-order valence-corrected chi connectivity index (χ0v) is 12.0. The van der Waals surface area contributed by atoms with Crippen molar-refractivity contribution in [2.45, 2.75) is 19.5 Å². The summed E-state index contributed by atoms with van der Waals surface area (Å²) in [7, 11) is 0. The molecule has 4 heteroatoms. The maximum atomic E-state index is 4.12. The van der Waals surface area contributed by atoms with Gasteiger partial charge < -0.3 is 5.32 Å². The molecule has 0 aliphatic carbocycles. The third-order valence-electron chi connectivity index (χ3n) is 3.60. The van der Waals surface area contributed by atoms with Gasteiger partial charge in [-0.3, -0.25) is 9.88 Å². The molecule has 1 aliphatic heterocycles. The number of aromatic nitrogens is 1. The van der Waals surface area contributed by atoms with E-state index in [4.69, 9.17) is 0 Å². The third-order valence-corrected chi connectivity index (χ3v) is 4.59. The Morgan fingerprint density at radius 1 is 1.32 bits per heavy atom. The average Bonchev–Trinajstić information content (AvgIpc) is 2.86. The van der Waals surface area contributed by atoms with Gasteiger partial charge in [0.15, 0.2) is 0 Å². The number of nitrogens with zero attached hydrogens (tertiary/aromatic N) is 2. The van der Waals surface area contributed by atoms with Crippen LogP contribution in [-0.2, 0) is 6.54 Å². The fraction of sp³-hybridized carbons (Fsp3) is 0.400. The molecule has 1 unspecified atom stereocenters. The van der Waals surface area contributed by atoms with E-state index in [1.807, 2.05) is 23.7 Å². The molecular weight excluding hydrogens is 254 g/mol. The summed E-state index contributed by atoms with van der Waals surface area (Å²) in [5, 5.41) is 3.50. The Kier molecular flexibility index (Phi) is 3.92. The summed E-state index contributed by atoms with van der Waals surface area (Å²) in [4.78, 5) is 9.53. The molecule has 0 amide bonds. The van der Waals surface area contributed by atoms with Crippen LogP contribution in [-0.4, -0.2) is 29.5 Å². The Labute approximate surface area is 118 Å². The van der Waals surface area contributed by atoms with Gasteiger partial charge in [-0.25, -0.2) is 0 Å². The average molecular weight is 273 g/mol. The summed E-state index contributed by atoms with van der Waals surface area (Å²) in [6, 6.07) is 9.18. The standard InChI is InChI=1S/C15H19N3S/c1-12-2-3-14(19-12)11-18-9-8-17-10-15(18)13-4-6-16-7-5-13/h2-7,15,17H,8-11H2,1H3. The van der Waals surface area contributed by atoms with Gasteiger partial charge in [0.2, 0.25) is 0 Å². The lowest BCUT2D eigenvalue weighted by Crippen LogP contribution is -2.45. The van der Waals surface area contributed by atoms with Crippen molar-refractivity contribution < 1.29 is 0 Å². The summed E-state index contributed by atoms with van der Waals surface area (Å²) in [6.45, 7) is 6.42. The monoisotopic (exact) mass is 273 g/mol. The Morgan fingerprint density at radius 2 is 2.16 bits per heavy atom. The van der Waals surface area contributed by atoms with Crippen molar-refractivity contribution in [3.8, 4) is 0 Å². The molecule has 3 heterocycles. The van der Waals surface area contributed by atoms with E-state index in [1.54, 1.807) is 0 Å². The number of nitrogens with one attached hydrogen (secondary N) is 1. The first-order valence-electron chi connectivity index (χ1n) is 6.73. The van der Waals surface area contributed by atoms with Crippen molar-refractivity contribution in [3.05, 3.63) is 52.0 Å². The molecule has 0 radical (unpaired) electrons. The van der Waals surface area contributed by atoms with Crippen molar-refractivity contribution >= 4 is 11.3 Å². The normalized spacial score (nSPS) is 20.6. The molecule has 1 aliphatic rings. The number of rotatable bonds is 3. The van der Waals surface area contributed by atoms with E-state index in [9.17, 15) is 0 Å². The zero-order chi connectivity index (χ0) is 13.1. The van der Waals surface area contributed by atoms with E-state index >= 15 is 0 Å². The van der Waals surface area contributed by atoms with Crippen molar-refractivity contribution in [1.29, 1.82) is 0 Å². The molecule has 3 rings (SSSR count). The minimum absolute atomic E-state index is 0.458.